The first-order chi connectivity index (χ1) is 5.38. The van der Waals surface area contributed by atoms with Crippen molar-refractivity contribution in [3.63, 3.8) is 0 Å². The van der Waals surface area contributed by atoms with Gasteiger partial charge in [-0.25, -0.2) is 9.98 Å². The largest absolute Gasteiger partial charge is 0.333 e. The van der Waals surface area contributed by atoms with Crippen LogP contribution in [-0.2, 0) is 13.6 Å². The molecule has 0 amide bonds. The number of rotatable bonds is 0. The number of hydrogen-bond donors (Lipinski definition) is 0. The summed E-state index contributed by atoms with van der Waals surface area (Å²) in [5.41, 5.74) is 2.03. The quantitative estimate of drug-likeness (QED) is 0.524. The lowest BCUT2D eigenvalue weighted by Gasteiger charge is -1.93. The zero-order valence-corrected chi connectivity index (χ0v) is 6.23. The van der Waals surface area contributed by atoms with Gasteiger partial charge in [-0.3, -0.25) is 4.99 Å². The molecule has 0 saturated carbocycles. The number of aryl methyl sites for hydroxylation is 1. The zero-order valence-electron chi connectivity index (χ0n) is 6.23. The second kappa shape index (κ2) is 2.30. The van der Waals surface area contributed by atoms with Gasteiger partial charge >= 0.3 is 0 Å². The van der Waals surface area contributed by atoms with E-state index in [0.29, 0.717) is 6.54 Å². The van der Waals surface area contributed by atoms with Crippen LogP contribution in [0.2, 0.25) is 0 Å². The molecule has 1 aromatic heterocycles. The number of aliphatic imine (C=N–C) groups is 2. The van der Waals surface area contributed by atoms with Gasteiger partial charge in [-0.05, 0) is 0 Å². The fourth-order valence-electron chi connectivity index (χ4n) is 1.05. The Bertz CT molecular complexity index is 321. The van der Waals surface area contributed by atoms with Crippen molar-refractivity contribution < 1.29 is 0 Å². The van der Waals surface area contributed by atoms with E-state index in [0.717, 1.165) is 11.4 Å². The summed E-state index contributed by atoms with van der Waals surface area (Å²) in [5.74, 6) is 0. The lowest BCUT2D eigenvalue weighted by atomic mass is 10.3. The Morgan fingerprint density at radius 2 is 2.45 bits per heavy atom. The third kappa shape index (κ3) is 0.960. The third-order valence-electron chi connectivity index (χ3n) is 1.65. The molecule has 56 valence electrons. The monoisotopic (exact) mass is 148 g/mol. The molecule has 0 fully saturated rings. The second-order valence-corrected chi connectivity index (χ2v) is 2.42. The van der Waals surface area contributed by atoms with Crippen LogP contribution in [0.5, 0.6) is 0 Å². The summed E-state index contributed by atoms with van der Waals surface area (Å²) in [6.45, 7) is 0.635. The van der Waals surface area contributed by atoms with Gasteiger partial charge in [0.05, 0.1) is 30.5 Å². The standard InChI is InChI=1S/C7H8N4/c1-11-5-10-6-2-8-4-9-3-7(6)11/h3-5H,2H2,1H3. The summed E-state index contributed by atoms with van der Waals surface area (Å²) in [6.07, 6.45) is 5.11. The van der Waals surface area contributed by atoms with Gasteiger partial charge in [-0.1, -0.05) is 0 Å². The number of fused-ring (bicyclic) bond motifs is 1. The Kier molecular flexibility index (Phi) is 1.31. The SMILES string of the molecule is Cn1cnc2c1C=NC=NC2. The topological polar surface area (TPSA) is 42.5 Å². The smallest absolute Gasteiger partial charge is 0.110 e. The van der Waals surface area contributed by atoms with Crippen molar-refractivity contribution in [3.05, 3.63) is 17.7 Å². The Morgan fingerprint density at radius 3 is 3.36 bits per heavy atom. The van der Waals surface area contributed by atoms with Gasteiger partial charge in [0.2, 0.25) is 0 Å². The molecule has 0 radical (unpaired) electrons. The van der Waals surface area contributed by atoms with Crippen molar-refractivity contribution in [3.8, 4) is 0 Å². The molecule has 2 rings (SSSR count). The molecule has 0 N–H and O–H groups in total. The van der Waals surface area contributed by atoms with Crippen LogP contribution in [0.25, 0.3) is 0 Å². The molecular weight excluding hydrogens is 140 g/mol. The number of imidazole rings is 1. The number of nitrogens with zero attached hydrogens (tertiary/aromatic N) is 4. The van der Waals surface area contributed by atoms with Crippen LogP contribution in [0.15, 0.2) is 16.3 Å². The molecule has 0 aliphatic carbocycles. The highest BCUT2D eigenvalue weighted by Gasteiger charge is 2.06. The Hall–Kier alpha value is -1.45. The van der Waals surface area contributed by atoms with Crippen LogP contribution >= 0.6 is 0 Å². The Labute approximate surface area is 64.3 Å². The molecule has 4 heteroatoms. The number of aromatic nitrogens is 2. The number of hydrogen-bond acceptors (Lipinski definition) is 3. The summed E-state index contributed by atoms with van der Waals surface area (Å²) >= 11 is 0. The molecule has 0 atom stereocenters. The van der Waals surface area contributed by atoms with E-state index in [-0.39, 0.29) is 0 Å². The average Bonchev–Trinajstić information content (AvgIpc) is 2.25. The molecule has 0 bridgehead atoms. The maximum Gasteiger partial charge on any atom is 0.110 e. The fraction of sp³-hybridized carbons (Fsp3) is 0.286. The molecule has 1 aliphatic heterocycles. The average molecular weight is 148 g/mol. The van der Waals surface area contributed by atoms with Crippen LogP contribution in [0.4, 0.5) is 0 Å². The minimum Gasteiger partial charge on any atom is -0.333 e. The van der Waals surface area contributed by atoms with Gasteiger partial charge in [-0.15, -0.1) is 0 Å². The molecule has 4 nitrogen and oxygen atoms in total. The molecule has 1 aromatic rings. The highest BCUT2D eigenvalue weighted by Crippen LogP contribution is 2.06. The minimum absolute atomic E-state index is 0.635. The second-order valence-electron chi connectivity index (χ2n) is 2.42. The fourth-order valence-corrected chi connectivity index (χ4v) is 1.05. The highest BCUT2D eigenvalue weighted by molar-refractivity contribution is 5.86. The van der Waals surface area contributed by atoms with Crippen LogP contribution in [0, 0.1) is 0 Å². The zero-order chi connectivity index (χ0) is 7.68. The molecule has 2 heterocycles. The molecule has 0 spiro atoms. The minimum atomic E-state index is 0.635. The van der Waals surface area contributed by atoms with Gasteiger partial charge in [0.1, 0.15) is 6.34 Å². The Balaban J connectivity index is 2.55. The van der Waals surface area contributed by atoms with E-state index in [4.69, 9.17) is 0 Å². The van der Waals surface area contributed by atoms with E-state index in [2.05, 4.69) is 15.0 Å². The van der Waals surface area contributed by atoms with E-state index in [1.165, 1.54) is 0 Å². The molecule has 0 unspecified atom stereocenters. The van der Waals surface area contributed by atoms with Gasteiger partial charge in [0.15, 0.2) is 0 Å². The highest BCUT2D eigenvalue weighted by atomic mass is 15.1. The van der Waals surface area contributed by atoms with Gasteiger partial charge in [-0.2, -0.15) is 0 Å². The normalized spacial score (nSPS) is 14.6. The van der Waals surface area contributed by atoms with E-state index in [1.54, 1.807) is 18.9 Å². The van der Waals surface area contributed by atoms with Crippen LogP contribution in [-0.4, -0.2) is 22.1 Å². The van der Waals surface area contributed by atoms with Crippen molar-refractivity contribution in [2.75, 3.05) is 0 Å². The van der Waals surface area contributed by atoms with Gasteiger partial charge < -0.3 is 4.57 Å². The van der Waals surface area contributed by atoms with Crippen molar-refractivity contribution >= 4 is 12.6 Å². The lowest BCUT2D eigenvalue weighted by Crippen LogP contribution is -1.95. The summed E-state index contributed by atoms with van der Waals surface area (Å²) in [7, 11) is 1.95. The molecular formula is C7H8N4. The predicted molar refractivity (Wildman–Crippen MR) is 43.0 cm³/mol. The third-order valence-corrected chi connectivity index (χ3v) is 1.65. The molecule has 0 aromatic carbocycles. The summed E-state index contributed by atoms with van der Waals surface area (Å²) in [6, 6.07) is 0. The van der Waals surface area contributed by atoms with Crippen molar-refractivity contribution in [2.45, 2.75) is 6.54 Å². The molecule has 1 aliphatic rings. The summed E-state index contributed by atoms with van der Waals surface area (Å²) in [4.78, 5) is 12.2. The van der Waals surface area contributed by atoms with E-state index in [9.17, 15) is 0 Å². The van der Waals surface area contributed by atoms with Gasteiger partial charge in [0.25, 0.3) is 0 Å². The van der Waals surface area contributed by atoms with Crippen LogP contribution < -0.4 is 0 Å². The first-order valence-electron chi connectivity index (χ1n) is 3.39. The molecule has 0 saturated heterocycles. The van der Waals surface area contributed by atoms with E-state index >= 15 is 0 Å². The maximum absolute atomic E-state index is 4.17. The lowest BCUT2D eigenvalue weighted by molar-refractivity contribution is 0.903. The first-order valence-corrected chi connectivity index (χ1v) is 3.39. The van der Waals surface area contributed by atoms with Crippen molar-refractivity contribution in [1.29, 1.82) is 0 Å². The van der Waals surface area contributed by atoms with Gasteiger partial charge in [0, 0.05) is 7.05 Å². The molecule has 11 heavy (non-hydrogen) atoms. The van der Waals surface area contributed by atoms with Crippen LogP contribution in [0.3, 0.4) is 0 Å². The Morgan fingerprint density at radius 1 is 1.55 bits per heavy atom. The van der Waals surface area contributed by atoms with Crippen LogP contribution in [0.1, 0.15) is 11.4 Å². The van der Waals surface area contributed by atoms with Crippen molar-refractivity contribution in [1.82, 2.24) is 9.55 Å². The maximum atomic E-state index is 4.17. The summed E-state index contributed by atoms with van der Waals surface area (Å²) in [5, 5.41) is 0. The first kappa shape index (κ1) is 6.27. The van der Waals surface area contributed by atoms with Crippen molar-refractivity contribution in [2.24, 2.45) is 17.0 Å². The van der Waals surface area contributed by atoms with E-state index in [1.807, 2.05) is 11.6 Å². The predicted octanol–water partition coefficient (Wildman–Crippen LogP) is 0.381. The van der Waals surface area contributed by atoms with E-state index < -0.39 is 0 Å². The summed E-state index contributed by atoms with van der Waals surface area (Å²) < 4.78 is 1.94.